The topological polar surface area (TPSA) is 29.5 Å². The molecule has 0 aromatic rings. The predicted octanol–water partition coefficient (Wildman–Crippen LogP) is 1.84. The van der Waals surface area contributed by atoms with Crippen molar-refractivity contribution in [2.24, 2.45) is 5.92 Å². The molecule has 0 amide bonds. The Labute approximate surface area is 92.1 Å². The average Bonchev–Trinajstić information content (AvgIpc) is 2.18. The van der Waals surface area contributed by atoms with Gasteiger partial charge in [-0.1, -0.05) is 12.5 Å². The highest BCUT2D eigenvalue weighted by Gasteiger charge is 2.18. The number of carbonyl (C=O) groups is 1. The van der Waals surface area contributed by atoms with Gasteiger partial charge in [0.05, 0.1) is 7.11 Å². The van der Waals surface area contributed by atoms with Crippen LogP contribution in [0, 0.1) is 5.92 Å². The van der Waals surface area contributed by atoms with E-state index in [1.807, 2.05) is 6.08 Å². The first-order valence-electron chi connectivity index (χ1n) is 5.57. The van der Waals surface area contributed by atoms with Crippen LogP contribution in [0.5, 0.6) is 0 Å². The second kappa shape index (κ2) is 5.91. The maximum atomic E-state index is 11.1. The quantitative estimate of drug-likeness (QED) is 0.513. The van der Waals surface area contributed by atoms with Gasteiger partial charge < -0.3 is 9.64 Å². The Morgan fingerprint density at radius 3 is 2.67 bits per heavy atom. The third kappa shape index (κ3) is 4.04. The molecule has 0 atom stereocenters. The van der Waals surface area contributed by atoms with Gasteiger partial charge >= 0.3 is 5.97 Å². The van der Waals surface area contributed by atoms with Gasteiger partial charge in [0.15, 0.2) is 0 Å². The zero-order valence-corrected chi connectivity index (χ0v) is 9.95. The lowest BCUT2D eigenvalue weighted by atomic mass is 9.85. The number of methoxy groups -OCH3 is 1. The smallest absolute Gasteiger partial charge is 0.333 e. The molecular weight excluding hydrogens is 190 g/mol. The number of esters is 1. The Morgan fingerprint density at radius 2 is 2.20 bits per heavy atom. The largest absolute Gasteiger partial charge is 0.466 e. The summed E-state index contributed by atoms with van der Waals surface area (Å²) >= 11 is 0. The maximum absolute atomic E-state index is 11.1. The van der Waals surface area contributed by atoms with Crippen LogP contribution in [0.1, 0.15) is 26.2 Å². The molecule has 0 aliphatic heterocycles. The second-order valence-corrected chi connectivity index (χ2v) is 4.40. The summed E-state index contributed by atoms with van der Waals surface area (Å²) in [5.74, 6) is 0.647. The van der Waals surface area contributed by atoms with Crippen LogP contribution in [-0.2, 0) is 9.53 Å². The molecule has 0 saturated heterocycles. The summed E-state index contributed by atoms with van der Waals surface area (Å²) in [5, 5.41) is 0. The van der Waals surface area contributed by atoms with Crippen molar-refractivity contribution >= 4 is 5.97 Å². The third-order valence-electron chi connectivity index (χ3n) is 3.01. The lowest BCUT2D eigenvalue weighted by Gasteiger charge is -2.29. The number of likely N-dealkylation sites (N-methyl/N-ethyl adjacent to an activating group) is 1. The molecule has 86 valence electrons. The number of carbonyl (C=O) groups excluding carboxylic acids is 1. The summed E-state index contributed by atoms with van der Waals surface area (Å²) in [6, 6.07) is 0. The molecule has 1 rings (SSSR count). The van der Waals surface area contributed by atoms with Crippen LogP contribution in [0.15, 0.2) is 11.6 Å². The molecule has 15 heavy (non-hydrogen) atoms. The van der Waals surface area contributed by atoms with E-state index in [2.05, 4.69) is 16.7 Å². The molecule has 0 aromatic carbocycles. The molecular formula is C12H21NO2. The number of rotatable bonds is 5. The van der Waals surface area contributed by atoms with E-state index < -0.39 is 0 Å². The Kier molecular flexibility index (Phi) is 4.82. The van der Waals surface area contributed by atoms with E-state index in [1.165, 1.54) is 26.4 Å². The number of nitrogens with zero attached hydrogens (tertiary/aromatic N) is 1. The van der Waals surface area contributed by atoms with Gasteiger partial charge in [-0.3, -0.25) is 0 Å². The summed E-state index contributed by atoms with van der Waals surface area (Å²) in [6.45, 7) is 3.77. The van der Waals surface area contributed by atoms with Crippen molar-refractivity contribution in [1.29, 1.82) is 0 Å². The zero-order chi connectivity index (χ0) is 11.3. The molecule has 3 heteroatoms. The molecule has 0 N–H and O–H groups in total. The van der Waals surface area contributed by atoms with E-state index in [-0.39, 0.29) is 5.97 Å². The van der Waals surface area contributed by atoms with Crippen molar-refractivity contribution in [2.45, 2.75) is 26.2 Å². The van der Waals surface area contributed by atoms with Crippen molar-refractivity contribution < 1.29 is 9.53 Å². The van der Waals surface area contributed by atoms with E-state index in [4.69, 9.17) is 0 Å². The highest BCUT2D eigenvalue weighted by Crippen LogP contribution is 2.26. The van der Waals surface area contributed by atoms with Gasteiger partial charge in [-0.25, -0.2) is 4.79 Å². The summed E-state index contributed by atoms with van der Waals surface area (Å²) in [6.07, 6.45) is 6.05. The van der Waals surface area contributed by atoms with Crippen LogP contribution in [0.25, 0.3) is 0 Å². The van der Waals surface area contributed by atoms with Crippen molar-refractivity contribution in [3.8, 4) is 0 Å². The highest BCUT2D eigenvalue weighted by molar-refractivity contribution is 5.87. The molecule has 1 aliphatic rings. The molecule has 0 bridgehead atoms. The summed E-state index contributed by atoms with van der Waals surface area (Å²) in [4.78, 5) is 13.4. The lowest BCUT2D eigenvalue weighted by Crippen LogP contribution is -2.29. The fourth-order valence-corrected chi connectivity index (χ4v) is 1.73. The molecule has 0 unspecified atom stereocenters. The fourth-order valence-electron chi connectivity index (χ4n) is 1.73. The Morgan fingerprint density at radius 1 is 1.53 bits per heavy atom. The molecule has 1 aliphatic carbocycles. The van der Waals surface area contributed by atoms with Crippen molar-refractivity contribution in [3.63, 3.8) is 0 Å². The summed E-state index contributed by atoms with van der Waals surface area (Å²) < 4.78 is 4.63. The second-order valence-electron chi connectivity index (χ2n) is 4.40. The zero-order valence-electron chi connectivity index (χ0n) is 9.95. The highest BCUT2D eigenvalue weighted by atomic mass is 16.5. The maximum Gasteiger partial charge on any atom is 0.333 e. The fraction of sp³-hybridized carbons (Fsp3) is 0.750. The molecule has 3 nitrogen and oxygen atoms in total. The van der Waals surface area contributed by atoms with Crippen molar-refractivity contribution in [2.75, 3.05) is 27.2 Å². The van der Waals surface area contributed by atoms with Gasteiger partial charge in [-0.05, 0) is 32.7 Å². The van der Waals surface area contributed by atoms with Crippen molar-refractivity contribution in [1.82, 2.24) is 4.90 Å². The molecule has 0 aromatic heterocycles. The SMILES string of the molecule is COC(=O)C(C)=CCN(C)CC1CCC1. The number of hydrogen-bond donors (Lipinski definition) is 0. The van der Waals surface area contributed by atoms with Crippen LogP contribution in [-0.4, -0.2) is 38.1 Å². The minimum Gasteiger partial charge on any atom is -0.466 e. The van der Waals surface area contributed by atoms with E-state index in [0.717, 1.165) is 19.0 Å². The normalized spacial score (nSPS) is 17.7. The summed E-state index contributed by atoms with van der Waals surface area (Å²) in [5.41, 5.74) is 0.693. The van der Waals surface area contributed by atoms with Crippen LogP contribution in [0.3, 0.4) is 0 Å². The first-order valence-corrected chi connectivity index (χ1v) is 5.57. The van der Waals surface area contributed by atoms with Crippen LogP contribution >= 0.6 is 0 Å². The molecule has 0 spiro atoms. The standard InChI is InChI=1S/C12H21NO2/c1-10(12(14)15-3)7-8-13(2)9-11-5-4-6-11/h7,11H,4-6,8-9H2,1-3H3. The van der Waals surface area contributed by atoms with Crippen LogP contribution in [0.4, 0.5) is 0 Å². The Bertz CT molecular complexity index is 244. The van der Waals surface area contributed by atoms with E-state index >= 15 is 0 Å². The Hall–Kier alpha value is -0.830. The third-order valence-corrected chi connectivity index (χ3v) is 3.01. The predicted molar refractivity (Wildman–Crippen MR) is 60.6 cm³/mol. The van der Waals surface area contributed by atoms with E-state index in [9.17, 15) is 4.79 Å². The molecule has 1 fully saturated rings. The van der Waals surface area contributed by atoms with Gasteiger partial charge in [0.25, 0.3) is 0 Å². The van der Waals surface area contributed by atoms with Gasteiger partial charge in [0.1, 0.15) is 0 Å². The van der Waals surface area contributed by atoms with Crippen LogP contribution in [0.2, 0.25) is 0 Å². The Balaban J connectivity index is 2.24. The summed E-state index contributed by atoms with van der Waals surface area (Å²) in [7, 11) is 3.51. The van der Waals surface area contributed by atoms with Gasteiger partial charge in [-0.2, -0.15) is 0 Å². The molecule has 0 heterocycles. The molecule has 1 saturated carbocycles. The van der Waals surface area contributed by atoms with Gasteiger partial charge in [0.2, 0.25) is 0 Å². The minimum atomic E-state index is -0.230. The lowest BCUT2D eigenvalue weighted by molar-refractivity contribution is -0.136. The van der Waals surface area contributed by atoms with Crippen molar-refractivity contribution in [3.05, 3.63) is 11.6 Å². The van der Waals surface area contributed by atoms with Gasteiger partial charge in [-0.15, -0.1) is 0 Å². The first kappa shape index (κ1) is 12.2. The van der Waals surface area contributed by atoms with Crippen LogP contribution < -0.4 is 0 Å². The minimum absolute atomic E-state index is 0.230. The number of ether oxygens (including phenoxy) is 1. The van der Waals surface area contributed by atoms with Gasteiger partial charge in [0, 0.05) is 18.7 Å². The monoisotopic (exact) mass is 211 g/mol. The average molecular weight is 211 g/mol. The molecule has 0 radical (unpaired) electrons. The van der Waals surface area contributed by atoms with E-state index in [1.54, 1.807) is 6.92 Å². The number of hydrogen-bond acceptors (Lipinski definition) is 3. The first-order chi connectivity index (χ1) is 7.13. The van der Waals surface area contributed by atoms with E-state index in [0.29, 0.717) is 5.57 Å².